The Morgan fingerprint density at radius 2 is 2.11 bits per heavy atom. The molecule has 0 atom stereocenters. The van der Waals surface area contributed by atoms with Crippen LogP contribution in [0.2, 0.25) is 0 Å². The number of anilines is 1. The maximum Gasteiger partial charge on any atom is 0.107 e. The Morgan fingerprint density at radius 1 is 1.44 bits per heavy atom. The van der Waals surface area contributed by atoms with Gasteiger partial charge in [-0.05, 0) is 31.7 Å². The summed E-state index contributed by atoms with van der Waals surface area (Å²) in [5.41, 5.74) is 10.3. The molecule has 2 heterocycles. The van der Waals surface area contributed by atoms with E-state index in [1.165, 1.54) is 6.42 Å². The van der Waals surface area contributed by atoms with Crippen molar-refractivity contribution in [2.75, 3.05) is 18.0 Å². The Bertz CT molecular complexity index is 494. The van der Waals surface area contributed by atoms with Crippen molar-refractivity contribution in [3.05, 3.63) is 23.0 Å². The van der Waals surface area contributed by atoms with Crippen molar-refractivity contribution in [1.82, 2.24) is 4.98 Å². The van der Waals surface area contributed by atoms with Gasteiger partial charge in [0.15, 0.2) is 0 Å². The third-order valence-corrected chi connectivity index (χ3v) is 3.78. The van der Waals surface area contributed by atoms with E-state index in [2.05, 4.69) is 29.8 Å². The molecule has 0 amide bonds. The van der Waals surface area contributed by atoms with Crippen molar-refractivity contribution >= 4 is 22.9 Å². The van der Waals surface area contributed by atoms with E-state index in [0.29, 0.717) is 10.4 Å². The molecule has 2 rings (SSSR count). The van der Waals surface area contributed by atoms with Crippen LogP contribution in [-0.4, -0.2) is 23.1 Å². The Labute approximate surface area is 114 Å². The van der Waals surface area contributed by atoms with Crippen molar-refractivity contribution in [2.24, 2.45) is 11.1 Å². The summed E-state index contributed by atoms with van der Waals surface area (Å²) in [6.45, 7) is 10.7. The summed E-state index contributed by atoms with van der Waals surface area (Å²) in [6, 6.07) is 2.10. The van der Waals surface area contributed by atoms with E-state index in [4.69, 9.17) is 18.0 Å². The number of hydrogen-bond acceptors (Lipinski definition) is 3. The maximum absolute atomic E-state index is 5.87. The SMILES string of the molecule is Cc1cc(N2CCC(C)(C)C2)c(C(N)=S)c(C)n1. The quantitative estimate of drug-likeness (QED) is 0.833. The van der Waals surface area contributed by atoms with E-state index in [1.54, 1.807) is 0 Å². The lowest BCUT2D eigenvalue weighted by atomic mass is 9.93. The fourth-order valence-corrected chi connectivity index (χ4v) is 2.93. The maximum atomic E-state index is 5.87. The van der Waals surface area contributed by atoms with Crippen LogP contribution in [0, 0.1) is 19.3 Å². The second-order valence-corrected chi connectivity index (χ2v) is 6.38. The average Bonchev–Trinajstić information content (AvgIpc) is 2.56. The number of pyridine rings is 1. The first-order chi connectivity index (χ1) is 8.30. The predicted octanol–water partition coefficient (Wildman–Crippen LogP) is 2.57. The van der Waals surface area contributed by atoms with Gasteiger partial charge in [0.2, 0.25) is 0 Å². The Balaban J connectivity index is 2.47. The largest absolute Gasteiger partial charge is 0.389 e. The normalized spacial score (nSPS) is 18.1. The summed E-state index contributed by atoms with van der Waals surface area (Å²) >= 11 is 5.18. The molecule has 98 valence electrons. The number of hydrogen-bond donors (Lipinski definition) is 1. The van der Waals surface area contributed by atoms with Crippen LogP contribution in [0.1, 0.15) is 37.2 Å². The van der Waals surface area contributed by atoms with Crippen LogP contribution in [0.5, 0.6) is 0 Å². The van der Waals surface area contributed by atoms with E-state index in [0.717, 1.165) is 35.7 Å². The Hall–Kier alpha value is -1.16. The fourth-order valence-electron chi connectivity index (χ4n) is 2.68. The van der Waals surface area contributed by atoms with Gasteiger partial charge in [-0.1, -0.05) is 26.1 Å². The van der Waals surface area contributed by atoms with Gasteiger partial charge in [0.1, 0.15) is 4.99 Å². The molecule has 0 spiro atoms. The van der Waals surface area contributed by atoms with Crippen LogP contribution in [0.3, 0.4) is 0 Å². The number of aromatic nitrogens is 1. The van der Waals surface area contributed by atoms with Gasteiger partial charge in [0, 0.05) is 24.5 Å². The van der Waals surface area contributed by atoms with Gasteiger partial charge in [-0.15, -0.1) is 0 Å². The zero-order valence-corrected chi connectivity index (χ0v) is 12.4. The molecule has 1 saturated heterocycles. The first-order valence-electron chi connectivity index (χ1n) is 6.33. The first kappa shape index (κ1) is 13.3. The third kappa shape index (κ3) is 2.48. The summed E-state index contributed by atoms with van der Waals surface area (Å²) in [5.74, 6) is 0. The molecule has 1 aromatic heterocycles. The lowest BCUT2D eigenvalue weighted by Crippen LogP contribution is -2.27. The molecular formula is C14H21N3S. The van der Waals surface area contributed by atoms with E-state index < -0.39 is 0 Å². The van der Waals surface area contributed by atoms with E-state index in [9.17, 15) is 0 Å². The van der Waals surface area contributed by atoms with Crippen molar-refractivity contribution in [3.8, 4) is 0 Å². The van der Waals surface area contributed by atoms with E-state index in [1.807, 2.05) is 13.8 Å². The summed E-state index contributed by atoms with van der Waals surface area (Å²) in [6.07, 6.45) is 1.20. The number of nitrogens with two attached hydrogens (primary N) is 1. The van der Waals surface area contributed by atoms with Crippen LogP contribution in [0.4, 0.5) is 5.69 Å². The minimum absolute atomic E-state index is 0.360. The average molecular weight is 263 g/mol. The van der Waals surface area contributed by atoms with Gasteiger partial charge in [-0.3, -0.25) is 4.98 Å². The molecule has 0 radical (unpaired) electrons. The highest BCUT2D eigenvalue weighted by Crippen LogP contribution is 2.35. The van der Waals surface area contributed by atoms with Gasteiger partial charge < -0.3 is 10.6 Å². The Kier molecular flexibility index (Phi) is 3.32. The van der Waals surface area contributed by atoms with Crippen molar-refractivity contribution in [3.63, 3.8) is 0 Å². The molecule has 0 saturated carbocycles. The molecule has 3 nitrogen and oxygen atoms in total. The van der Waals surface area contributed by atoms with Gasteiger partial charge in [-0.2, -0.15) is 0 Å². The molecule has 1 fully saturated rings. The minimum Gasteiger partial charge on any atom is -0.389 e. The van der Waals surface area contributed by atoms with Crippen molar-refractivity contribution < 1.29 is 0 Å². The summed E-state index contributed by atoms with van der Waals surface area (Å²) in [4.78, 5) is 7.30. The highest BCUT2D eigenvalue weighted by atomic mass is 32.1. The molecule has 4 heteroatoms. The topological polar surface area (TPSA) is 42.1 Å². The standard InChI is InChI=1S/C14H21N3S/c1-9-7-11(12(13(15)18)10(2)16-9)17-6-5-14(3,4)8-17/h7H,5-6,8H2,1-4H3,(H2,15,18). The van der Waals surface area contributed by atoms with E-state index >= 15 is 0 Å². The van der Waals surface area contributed by atoms with Gasteiger partial charge in [-0.25, -0.2) is 0 Å². The number of rotatable bonds is 2. The molecule has 2 N–H and O–H groups in total. The summed E-state index contributed by atoms with van der Waals surface area (Å²) in [7, 11) is 0. The van der Waals surface area contributed by atoms with Crippen LogP contribution >= 0.6 is 12.2 Å². The monoisotopic (exact) mass is 263 g/mol. The van der Waals surface area contributed by atoms with Crippen LogP contribution in [0.15, 0.2) is 6.07 Å². The molecule has 1 aromatic rings. The molecule has 18 heavy (non-hydrogen) atoms. The highest BCUT2D eigenvalue weighted by Gasteiger charge is 2.31. The van der Waals surface area contributed by atoms with Gasteiger partial charge in [0.05, 0.1) is 11.3 Å². The first-order valence-corrected chi connectivity index (χ1v) is 6.74. The Morgan fingerprint density at radius 3 is 2.61 bits per heavy atom. The summed E-state index contributed by atoms with van der Waals surface area (Å²) < 4.78 is 0. The van der Waals surface area contributed by atoms with Crippen LogP contribution < -0.4 is 10.6 Å². The zero-order valence-electron chi connectivity index (χ0n) is 11.6. The predicted molar refractivity (Wildman–Crippen MR) is 80.2 cm³/mol. The molecule has 1 aliphatic rings. The molecule has 1 aliphatic heterocycles. The summed E-state index contributed by atoms with van der Waals surface area (Å²) in [5, 5.41) is 0. The van der Waals surface area contributed by atoms with Crippen LogP contribution in [0.25, 0.3) is 0 Å². The lowest BCUT2D eigenvalue weighted by molar-refractivity contribution is 0.418. The van der Waals surface area contributed by atoms with Gasteiger partial charge >= 0.3 is 0 Å². The van der Waals surface area contributed by atoms with E-state index in [-0.39, 0.29) is 0 Å². The van der Waals surface area contributed by atoms with Crippen molar-refractivity contribution in [1.29, 1.82) is 0 Å². The number of thiocarbonyl (C=S) groups is 1. The molecule has 0 aromatic carbocycles. The fraction of sp³-hybridized carbons (Fsp3) is 0.571. The van der Waals surface area contributed by atoms with Crippen molar-refractivity contribution in [2.45, 2.75) is 34.1 Å². The highest BCUT2D eigenvalue weighted by molar-refractivity contribution is 7.80. The smallest absolute Gasteiger partial charge is 0.107 e. The number of nitrogens with zero attached hydrogens (tertiary/aromatic N) is 2. The molecular weight excluding hydrogens is 242 g/mol. The zero-order chi connectivity index (χ0) is 13.5. The molecule has 0 aliphatic carbocycles. The van der Waals surface area contributed by atoms with Crippen LogP contribution in [-0.2, 0) is 0 Å². The lowest BCUT2D eigenvalue weighted by Gasteiger charge is -2.25. The molecule has 0 unspecified atom stereocenters. The van der Waals surface area contributed by atoms with Gasteiger partial charge in [0.25, 0.3) is 0 Å². The number of aryl methyl sites for hydroxylation is 2. The molecule has 0 bridgehead atoms. The second-order valence-electron chi connectivity index (χ2n) is 5.94. The minimum atomic E-state index is 0.360. The third-order valence-electron chi connectivity index (χ3n) is 3.57. The second kappa shape index (κ2) is 4.50.